The van der Waals surface area contributed by atoms with Gasteiger partial charge < -0.3 is 8.98 Å². The Labute approximate surface area is 145 Å². The van der Waals surface area contributed by atoms with Crippen molar-refractivity contribution in [3.8, 4) is 0 Å². The second-order valence-electron chi connectivity index (χ2n) is 5.75. The predicted molar refractivity (Wildman–Crippen MR) is 98.2 cm³/mol. The van der Waals surface area contributed by atoms with Gasteiger partial charge in [0, 0.05) is 12.6 Å². The van der Waals surface area contributed by atoms with Gasteiger partial charge in [-0.1, -0.05) is 42.5 Å². The van der Waals surface area contributed by atoms with Crippen LogP contribution in [-0.2, 0) is 7.05 Å². The molecular formula is C21H16N2O2. The second-order valence-corrected chi connectivity index (χ2v) is 5.75. The number of hydrogen-bond acceptors (Lipinski definition) is 3. The fourth-order valence-electron chi connectivity index (χ4n) is 2.77. The van der Waals surface area contributed by atoms with Gasteiger partial charge in [0.25, 0.3) is 0 Å². The molecule has 25 heavy (non-hydrogen) atoms. The summed E-state index contributed by atoms with van der Waals surface area (Å²) >= 11 is 0. The molecule has 0 amide bonds. The van der Waals surface area contributed by atoms with Crippen molar-refractivity contribution in [1.82, 2.24) is 9.55 Å². The number of imidazole rings is 1. The first-order valence-electron chi connectivity index (χ1n) is 8.01. The lowest BCUT2D eigenvalue weighted by Crippen LogP contribution is -1.98. The first-order valence-corrected chi connectivity index (χ1v) is 8.01. The second kappa shape index (κ2) is 6.24. The first kappa shape index (κ1) is 15.1. The van der Waals surface area contributed by atoms with Crippen LogP contribution >= 0.6 is 0 Å². The predicted octanol–water partition coefficient (Wildman–Crippen LogP) is 4.57. The van der Waals surface area contributed by atoms with Crippen LogP contribution in [0.5, 0.6) is 0 Å². The van der Waals surface area contributed by atoms with Gasteiger partial charge in [0.15, 0.2) is 5.76 Å². The van der Waals surface area contributed by atoms with Crippen molar-refractivity contribution in [2.75, 3.05) is 0 Å². The fourth-order valence-corrected chi connectivity index (χ4v) is 2.77. The SMILES string of the molecule is Cn1c(/C=C/c2ccc(C(=O)c3ccccc3)o2)nc2ccccc21. The van der Waals surface area contributed by atoms with Gasteiger partial charge in [0.2, 0.25) is 5.78 Å². The highest BCUT2D eigenvalue weighted by Gasteiger charge is 2.12. The Kier molecular flexibility index (Phi) is 3.78. The Morgan fingerprint density at radius 3 is 2.52 bits per heavy atom. The first-order chi connectivity index (χ1) is 12.2. The highest BCUT2D eigenvalue weighted by molar-refractivity contribution is 6.07. The molecule has 0 saturated heterocycles. The molecule has 4 nitrogen and oxygen atoms in total. The Morgan fingerprint density at radius 1 is 0.960 bits per heavy atom. The molecule has 4 rings (SSSR count). The van der Waals surface area contributed by atoms with E-state index < -0.39 is 0 Å². The molecule has 0 aliphatic heterocycles. The van der Waals surface area contributed by atoms with Gasteiger partial charge in [-0.25, -0.2) is 4.98 Å². The molecule has 0 spiro atoms. The maximum atomic E-state index is 12.4. The van der Waals surface area contributed by atoms with Crippen molar-refractivity contribution in [3.63, 3.8) is 0 Å². The maximum absolute atomic E-state index is 12.4. The lowest BCUT2D eigenvalue weighted by Gasteiger charge is -1.97. The third-order valence-electron chi connectivity index (χ3n) is 4.10. The normalized spacial score (nSPS) is 11.4. The minimum absolute atomic E-state index is 0.122. The van der Waals surface area contributed by atoms with Crippen LogP contribution in [-0.4, -0.2) is 15.3 Å². The summed E-state index contributed by atoms with van der Waals surface area (Å²) in [7, 11) is 1.97. The molecule has 0 N–H and O–H groups in total. The molecule has 0 fully saturated rings. The van der Waals surface area contributed by atoms with E-state index in [1.54, 1.807) is 24.3 Å². The van der Waals surface area contributed by atoms with Crippen molar-refractivity contribution >= 4 is 29.0 Å². The molecule has 4 heteroatoms. The number of nitrogens with zero attached hydrogens (tertiary/aromatic N) is 2. The van der Waals surface area contributed by atoms with E-state index in [2.05, 4.69) is 4.98 Å². The van der Waals surface area contributed by atoms with Gasteiger partial charge in [-0.15, -0.1) is 0 Å². The number of furan rings is 1. The molecule has 0 aliphatic rings. The summed E-state index contributed by atoms with van der Waals surface area (Å²) in [6.45, 7) is 0. The Hall–Kier alpha value is -3.40. The van der Waals surface area contributed by atoms with Crippen LogP contribution in [0, 0.1) is 0 Å². The standard InChI is InChI=1S/C21H16N2O2/c1-23-18-10-6-5-9-17(18)22-20(23)14-12-16-11-13-19(25-16)21(24)15-7-3-2-4-8-15/h2-14H,1H3/b14-12+. The van der Waals surface area contributed by atoms with E-state index in [-0.39, 0.29) is 5.78 Å². The molecule has 2 aromatic heterocycles. The van der Waals surface area contributed by atoms with Crippen LogP contribution < -0.4 is 0 Å². The number of rotatable bonds is 4. The molecular weight excluding hydrogens is 312 g/mol. The summed E-state index contributed by atoms with van der Waals surface area (Å²) in [5, 5.41) is 0. The zero-order valence-electron chi connectivity index (χ0n) is 13.7. The summed E-state index contributed by atoms with van der Waals surface area (Å²) in [6, 6.07) is 20.6. The highest BCUT2D eigenvalue weighted by Crippen LogP contribution is 2.18. The van der Waals surface area contributed by atoms with E-state index in [0.717, 1.165) is 16.9 Å². The molecule has 0 radical (unpaired) electrons. The topological polar surface area (TPSA) is 48.0 Å². The molecule has 0 saturated carbocycles. The number of carbonyl (C=O) groups is 1. The number of fused-ring (bicyclic) bond motifs is 1. The van der Waals surface area contributed by atoms with Gasteiger partial charge in [-0.2, -0.15) is 0 Å². The van der Waals surface area contributed by atoms with Crippen LogP contribution in [0.4, 0.5) is 0 Å². The smallest absolute Gasteiger partial charge is 0.228 e. The van der Waals surface area contributed by atoms with Gasteiger partial charge in [0.05, 0.1) is 11.0 Å². The van der Waals surface area contributed by atoms with E-state index in [0.29, 0.717) is 17.1 Å². The van der Waals surface area contributed by atoms with E-state index in [9.17, 15) is 4.79 Å². The number of benzene rings is 2. The van der Waals surface area contributed by atoms with Crippen LogP contribution in [0.25, 0.3) is 23.2 Å². The van der Waals surface area contributed by atoms with Crippen LogP contribution in [0.2, 0.25) is 0 Å². The van der Waals surface area contributed by atoms with E-state index in [4.69, 9.17) is 4.42 Å². The van der Waals surface area contributed by atoms with Gasteiger partial charge >= 0.3 is 0 Å². The monoisotopic (exact) mass is 328 g/mol. The zero-order valence-corrected chi connectivity index (χ0v) is 13.7. The fraction of sp³-hybridized carbons (Fsp3) is 0.0476. The zero-order chi connectivity index (χ0) is 17.2. The van der Waals surface area contributed by atoms with Crippen LogP contribution in [0.3, 0.4) is 0 Å². The van der Waals surface area contributed by atoms with Crippen molar-refractivity contribution in [3.05, 3.63) is 89.6 Å². The lowest BCUT2D eigenvalue weighted by atomic mass is 10.1. The third kappa shape index (κ3) is 2.90. The number of hydrogen-bond donors (Lipinski definition) is 0. The molecule has 0 unspecified atom stereocenters. The summed E-state index contributed by atoms with van der Waals surface area (Å²) in [5.74, 6) is 1.65. The molecule has 2 aromatic carbocycles. The average molecular weight is 328 g/mol. The molecule has 0 atom stereocenters. The van der Waals surface area contributed by atoms with Crippen molar-refractivity contribution in [2.24, 2.45) is 7.05 Å². The summed E-state index contributed by atoms with van der Waals surface area (Å²) < 4.78 is 7.68. The maximum Gasteiger partial charge on any atom is 0.228 e. The Bertz CT molecular complexity index is 1070. The minimum Gasteiger partial charge on any atom is -0.453 e. The van der Waals surface area contributed by atoms with E-state index in [1.807, 2.05) is 66.2 Å². The van der Waals surface area contributed by atoms with Crippen molar-refractivity contribution in [1.29, 1.82) is 0 Å². The molecule has 2 heterocycles. The summed E-state index contributed by atoms with van der Waals surface area (Å²) in [4.78, 5) is 17.0. The highest BCUT2D eigenvalue weighted by atomic mass is 16.3. The van der Waals surface area contributed by atoms with Gasteiger partial charge in [-0.05, 0) is 36.4 Å². The summed E-state index contributed by atoms with van der Waals surface area (Å²) in [5.41, 5.74) is 2.63. The molecule has 122 valence electrons. The largest absolute Gasteiger partial charge is 0.453 e. The number of aromatic nitrogens is 2. The molecule has 0 bridgehead atoms. The van der Waals surface area contributed by atoms with E-state index >= 15 is 0 Å². The number of aryl methyl sites for hydroxylation is 1. The van der Waals surface area contributed by atoms with E-state index in [1.165, 1.54) is 0 Å². The number of ketones is 1. The van der Waals surface area contributed by atoms with Crippen molar-refractivity contribution < 1.29 is 9.21 Å². The Balaban J connectivity index is 1.59. The Morgan fingerprint density at radius 2 is 1.72 bits per heavy atom. The number of para-hydroxylation sites is 2. The minimum atomic E-state index is -0.122. The third-order valence-corrected chi connectivity index (χ3v) is 4.10. The van der Waals surface area contributed by atoms with Crippen LogP contribution in [0.15, 0.2) is 71.1 Å². The quantitative estimate of drug-likeness (QED) is 0.516. The molecule has 4 aromatic rings. The van der Waals surface area contributed by atoms with Crippen LogP contribution in [0.1, 0.15) is 27.7 Å². The lowest BCUT2D eigenvalue weighted by molar-refractivity contribution is 0.101. The number of carbonyl (C=O) groups excluding carboxylic acids is 1. The molecule has 0 aliphatic carbocycles. The van der Waals surface area contributed by atoms with Crippen molar-refractivity contribution in [2.45, 2.75) is 0 Å². The van der Waals surface area contributed by atoms with Gasteiger partial charge in [0.1, 0.15) is 11.6 Å². The summed E-state index contributed by atoms with van der Waals surface area (Å²) in [6.07, 6.45) is 3.71. The van der Waals surface area contributed by atoms with Gasteiger partial charge in [-0.3, -0.25) is 4.79 Å². The average Bonchev–Trinajstić information content (AvgIpc) is 3.25.